The second kappa shape index (κ2) is 8.81. The van der Waals surface area contributed by atoms with E-state index in [1.165, 1.54) is 11.2 Å². The van der Waals surface area contributed by atoms with Crippen LogP contribution in [0.2, 0.25) is 0 Å². The molecule has 0 saturated carbocycles. The highest BCUT2D eigenvalue weighted by Crippen LogP contribution is 2.09. The van der Waals surface area contributed by atoms with Crippen molar-refractivity contribution in [2.24, 2.45) is 0 Å². The van der Waals surface area contributed by atoms with Gasteiger partial charge in [-0.1, -0.05) is 0 Å². The average Bonchev–Trinajstić information content (AvgIpc) is 3.22. The number of furan rings is 1. The number of amides is 3. The van der Waals surface area contributed by atoms with Crippen LogP contribution < -0.4 is 5.32 Å². The molecule has 0 unspecified atom stereocenters. The van der Waals surface area contributed by atoms with Crippen LogP contribution in [0.5, 0.6) is 0 Å². The standard InChI is InChI=1S/C17H24N4O5/c22-15(18-3-4-19-9-12-25-13-10-19)17(24)21-7-5-20(6-8-21)16(23)14-2-1-11-26-14/h1-2,11H,3-10,12-13H2,(H,18,22). The van der Waals surface area contributed by atoms with Crippen LogP contribution in [0.25, 0.3) is 0 Å². The van der Waals surface area contributed by atoms with E-state index >= 15 is 0 Å². The Morgan fingerprint density at radius 2 is 1.69 bits per heavy atom. The minimum absolute atomic E-state index is 0.197. The van der Waals surface area contributed by atoms with Crippen molar-refractivity contribution in [3.8, 4) is 0 Å². The molecule has 0 spiro atoms. The lowest BCUT2D eigenvalue weighted by molar-refractivity contribution is -0.146. The predicted octanol–water partition coefficient (Wildman–Crippen LogP) is -0.988. The number of carbonyl (C=O) groups excluding carboxylic acids is 3. The lowest BCUT2D eigenvalue weighted by Gasteiger charge is -2.34. The quantitative estimate of drug-likeness (QED) is 0.690. The van der Waals surface area contributed by atoms with Gasteiger partial charge in [0.25, 0.3) is 5.91 Å². The fourth-order valence-electron chi connectivity index (χ4n) is 3.04. The molecule has 2 aliphatic heterocycles. The normalized spacial score (nSPS) is 18.6. The summed E-state index contributed by atoms with van der Waals surface area (Å²) in [6, 6.07) is 3.27. The largest absolute Gasteiger partial charge is 0.459 e. The van der Waals surface area contributed by atoms with Crippen LogP contribution in [0.3, 0.4) is 0 Å². The Morgan fingerprint density at radius 1 is 1.00 bits per heavy atom. The van der Waals surface area contributed by atoms with Gasteiger partial charge in [-0.25, -0.2) is 0 Å². The van der Waals surface area contributed by atoms with Crippen molar-refractivity contribution in [3.63, 3.8) is 0 Å². The molecular weight excluding hydrogens is 340 g/mol. The van der Waals surface area contributed by atoms with Crippen LogP contribution in [0.1, 0.15) is 10.6 Å². The molecule has 1 aromatic rings. The molecule has 2 fully saturated rings. The third-order valence-electron chi connectivity index (χ3n) is 4.60. The van der Waals surface area contributed by atoms with Crippen LogP contribution in [0, 0.1) is 0 Å². The first-order valence-electron chi connectivity index (χ1n) is 8.85. The molecule has 0 radical (unpaired) electrons. The lowest BCUT2D eigenvalue weighted by Crippen LogP contribution is -2.54. The van der Waals surface area contributed by atoms with Crippen molar-refractivity contribution in [1.82, 2.24) is 20.0 Å². The van der Waals surface area contributed by atoms with Crippen molar-refractivity contribution in [2.75, 3.05) is 65.6 Å². The Kier molecular flexibility index (Phi) is 6.24. The van der Waals surface area contributed by atoms with E-state index in [1.54, 1.807) is 17.0 Å². The number of rotatable bonds is 4. The predicted molar refractivity (Wildman–Crippen MR) is 91.5 cm³/mol. The Balaban J connectivity index is 1.38. The lowest BCUT2D eigenvalue weighted by atomic mass is 10.2. The number of ether oxygens (including phenoxy) is 1. The average molecular weight is 364 g/mol. The summed E-state index contributed by atoms with van der Waals surface area (Å²) in [7, 11) is 0. The topological polar surface area (TPSA) is 95.3 Å². The first-order valence-corrected chi connectivity index (χ1v) is 8.85. The van der Waals surface area contributed by atoms with Gasteiger partial charge in [-0.2, -0.15) is 0 Å². The van der Waals surface area contributed by atoms with Gasteiger partial charge in [-0.3, -0.25) is 19.3 Å². The fraction of sp³-hybridized carbons (Fsp3) is 0.588. The van der Waals surface area contributed by atoms with Gasteiger partial charge < -0.3 is 24.3 Å². The van der Waals surface area contributed by atoms with Crippen molar-refractivity contribution in [3.05, 3.63) is 24.2 Å². The highest BCUT2D eigenvalue weighted by Gasteiger charge is 2.28. The summed E-state index contributed by atoms with van der Waals surface area (Å²) < 4.78 is 10.4. The van der Waals surface area contributed by atoms with E-state index in [2.05, 4.69) is 10.2 Å². The maximum absolute atomic E-state index is 12.2. The molecule has 0 aromatic carbocycles. The molecule has 0 bridgehead atoms. The van der Waals surface area contributed by atoms with Gasteiger partial charge in [0, 0.05) is 52.4 Å². The molecule has 1 aromatic heterocycles. The van der Waals surface area contributed by atoms with E-state index < -0.39 is 11.8 Å². The molecule has 2 aliphatic rings. The first-order chi connectivity index (χ1) is 12.6. The summed E-state index contributed by atoms with van der Waals surface area (Å²) in [5, 5.41) is 2.68. The molecule has 9 nitrogen and oxygen atoms in total. The molecule has 2 saturated heterocycles. The zero-order chi connectivity index (χ0) is 18.4. The van der Waals surface area contributed by atoms with Crippen LogP contribution in [0.4, 0.5) is 0 Å². The minimum atomic E-state index is -0.593. The molecule has 3 heterocycles. The second-order valence-corrected chi connectivity index (χ2v) is 6.27. The number of carbonyl (C=O) groups is 3. The van der Waals surface area contributed by atoms with Crippen molar-refractivity contribution < 1.29 is 23.5 Å². The van der Waals surface area contributed by atoms with Gasteiger partial charge in [0.05, 0.1) is 19.5 Å². The van der Waals surface area contributed by atoms with Crippen molar-refractivity contribution in [1.29, 1.82) is 0 Å². The first kappa shape index (κ1) is 18.4. The Morgan fingerprint density at radius 3 is 2.35 bits per heavy atom. The number of hydrogen-bond acceptors (Lipinski definition) is 6. The maximum Gasteiger partial charge on any atom is 0.312 e. The van der Waals surface area contributed by atoms with Crippen LogP contribution >= 0.6 is 0 Å². The summed E-state index contributed by atoms with van der Waals surface area (Å²) in [5.41, 5.74) is 0. The summed E-state index contributed by atoms with van der Waals surface area (Å²) in [6.45, 7) is 5.66. The zero-order valence-electron chi connectivity index (χ0n) is 14.7. The summed E-state index contributed by atoms with van der Waals surface area (Å²) in [6.07, 6.45) is 1.45. The smallest absolute Gasteiger partial charge is 0.312 e. The van der Waals surface area contributed by atoms with Gasteiger partial charge in [0.15, 0.2) is 5.76 Å². The summed E-state index contributed by atoms with van der Waals surface area (Å²) in [5.74, 6) is -1.05. The van der Waals surface area contributed by atoms with E-state index in [-0.39, 0.29) is 11.7 Å². The van der Waals surface area contributed by atoms with Gasteiger partial charge in [0.1, 0.15) is 0 Å². The molecule has 26 heavy (non-hydrogen) atoms. The SMILES string of the molecule is O=C(NCCN1CCOCC1)C(=O)N1CCN(C(=O)c2ccco2)CC1. The number of nitrogens with one attached hydrogen (secondary N) is 1. The maximum atomic E-state index is 12.2. The van der Waals surface area contributed by atoms with E-state index in [4.69, 9.17) is 9.15 Å². The third-order valence-corrected chi connectivity index (χ3v) is 4.60. The van der Waals surface area contributed by atoms with Crippen LogP contribution in [-0.4, -0.2) is 98.0 Å². The number of morpholine rings is 1. The number of hydrogen-bond donors (Lipinski definition) is 1. The molecule has 0 aliphatic carbocycles. The monoisotopic (exact) mass is 364 g/mol. The Bertz CT molecular complexity index is 619. The van der Waals surface area contributed by atoms with Gasteiger partial charge >= 0.3 is 11.8 Å². The van der Waals surface area contributed by atoms with Crippen LogP contribution in [0.15, 0.2) is 22.8 Å². The minimum Gasteiger partial charge on any atom is -0.459 e. The number of nitrogens with zero attached hydrogens (tertiary/aromatic N) is 3. The van der Waals surface area contributed by atoms with E-state index in [1.807, 2.05) is 0 Å². The van der Waals surface area contributed by atoms with E-state index in [0.29, 0.717) is 52.5 Å². The third kappa shape index (κ3) is 4.61. The fourth-order valence-corrected chi connectivity index (χ4v) is 3.04. The van der Waals surface area contributed by atoms with Gasteiger partial charge in [-0.05, 0) is 12.1 Å². The molecule has 1 N–H and O–H groups in total. The van der Waals surface area contributed by atoms with E-state index in [0.717, 1.165) is 13.1 Å². The molecular formula is C17H24N4O5. The van der Waals surface area contributed by atoms with Crippen LogP contribution in [-0.2, 0) is 14.3 Å². The van der Waals surface area contributed by atoms with Crippen molar-refractivity contribution in [2.45, 2.75) is 0 Å². The Hall–Kier alpha value is -2.39. The zero-order valence-corrected chi connectivity index (χ0v) is 14.7. The van der Waals surface area contributed by atoms with E-state index in [9.17, 15) is 14.4 Å². The summed E-state index contributed by atoms with van der Waals surface area (Å²) >= 11 is 0. The van der Waals surface area contributed by atoms with Gasteiger partial charge in [-0.15, -0.1) is 0 Å². The molecule has 3 amide bonds. The van der Waals surface area contributed by atoms with Crippen molar-refractivity contribution >= 4 is 17.7 Å². The molecule has 3 rings (SSSR count). The molecule has 0 atom stereocenters. The van der Waals surface area contributed by atoms with Gasteiger partial charge in [0.2, 0.25) is 0 Å². The number of piperazine rings is 1. The molecule has 9 heteroatoms. The highest BCUT2D eigenvalue weighted by atomic mass is 16.5. The second-order valence-electron chi connectivity index (χ2n) is 6.27. The Labute approximate surface area is 151 Å². The summed E-state index contributed by atoms with van der Waals surface area (Å²) in [4.78, 5) is 41.8. The molecule has 142 valence electrons. The highest BCUT2D eigenvalue weighted by molar-refractivity contribution is 6.35.